The number of aromatic amines is 1. The molecule has 3 aromatic rings. The molecule has 0 aliphatic rings. The van der Waals surface area contributed by atoms with E-state index in [0.29, 0.717) is 17.8 Å². The third-order valence-electron chi connectivity index (χ3n) is 3.15. The normalized spacial score (nSPS) is 10.1. The second-order valence-electron chi connectivity index (χ2n) is 4.57. The maximum absolute atomic E-state index is 12.1. The second-order valence-corrected chi connectivity index (χ2v) is 4.57. The predicted octanol–water partition coefficient (Wildman–Crippen LogP) is 1.40. The number of carbonyl (C=O) groups is 1. The highest BCUT2D eigenvalue weighted by Gasteiger charge is 2.10. The number of nitrogens with one attached hydrogen (secondary N) is 2. The van der Waals surface area contributed by atoms with Crippen LogP contribution in [0.2, 0.25) is 0 Å². The van der Waals surface area contributed by atoms with Crippen molar-refractivity contribution >= 4 is 5.91 Å². The third kappa shape index (κ3) is 2.71. The van der Waals surface area contributed by atoms with Crippen molar-refractivity contribution in [1.82, 2.24) is 25.1 Å². The molecule has 3 rings (SSSR count). The van der Waals surface area contributed by atoms with Crippen LogP contribution in [-0.4, -0.2) is 25.7 Å². The van der Waals surface area contributed by atoms with Crippen LogP contribution in [0.3, 0.4) is 0 Å². The summed E-state index contributed by atoms with van der Waals surface area (Å²) in [5, 5.41) is 15.7. The van der Waals surface area contributed by atoms with E-state index in [9.17, 15) is 4.79 Å². The number of benzene rings is 1. The van der Waals surface area contributed by atoms with Crippen molar-refractivity contribution in [2.45, 2.75) is 6.54 Å². The SMILES string of the molecule is N#Cc1c[nH]c(C(=O)NCc2ccccc2-n2cncn2)c1. The fourth-order valence-corrected chi connectivity index (χ4v) is 2.08. The molecule has 0 fully saturated rings. The minimum Gasteiger partial charge on any atom is -0.356 e. The molecule has 0 aliphatic heterocycles. The maximum Gasteiger partial charge on any atom is 0.268 e. The van der Waals surface area contributed by atoms with Gasteiger partial charge in [0.2, 0.25) is 0 Å². The lowest BCUT2D eigenvalue weighted by Crippen LogP contribution is -2.23. The Bertz CT molecular complexity index is 828. The largest absolute Gasteiger partial charge is 0.356 e. The van der Waals surface area contributed by atoms with E-state index >= 15 is 0 Å². The quantitative estimate of drug-likeness (QED) is 0.759. The zero-order valence-electron chi connectivity index (χ0n) is 11.5. The summed E-state index contributed by atoms with van der Waals surface area (Å²) in [4.78, 5) is 18.8. The van der Waals surface area contributed by atoms with Crippen molar-refractivity contribution in [2.75, 3.05) is 0 Å². The van der Waals surface area contributed by atoms with Crippen LogP contribution >= 0.6 is 0 Å². The minimum atomic E-state index is -0.269. The van der Waals surface area contributed by atoms with Gasteiger partial charge in [-0.2, -0.15) is 10.4 Å². The first-order valence-corrected chi connectivity index (χ1v) is 6.57. The summed E-state index contributed by atoms with van der Waals surface area (Å²) < 4.78 is 1.64. The number of para-hydroxylation sites is 1. The zero-order chi connectivity index (χ0) is 15.4. The van der Waals surface area contributed by atoms with Crippen molar-refractivity contribution in [3.05, 3.63) is 66.0 Å². The van der Waals surface area contributed by atoms with Crippen molar-refractivity contribution in [2.24, 2.45) is 0 Å². The first kappa shape index (κ1) is 13.6. The van der Waals surface area contributed by atoms with Gasteiger partial charge >= 0.3 is 0 Å². The van der Waals surface area contributed by atoms with Crippen molar-refractivity contribution in [3.8, 4) is 11.8 Å². The zero-order valence-corrected chi connectivity index (χ0v) is 11.5. The molecule has 22 heavy (non-hydrogen) atoms. The Morgan fingerprint density at radius 3 is 3.00 bits per heavy atom. The molecule has 2 heterocycles. The number of amides is 1. The molecule has 0 radical (unpaired) electrons. The molecule has 2 aromatic heterocycles. The topological polar surface area (TPSA) is 99.4 Å². The van der Waals surface area contributed by atoms with E-state index in [0.717, 1.165) is 11.3 Å². The van der Waals surface area contributed by atoms with Crippen LogP contribution in [0.5, 0.6) is 0 Å². The summed E-state index contributed by atoms with van der Waals surface area (Å²) >= 11 is 0. The molecule has 2 N–H and O–H groups in total. The number of hydrogen-bond acceptors (Lipinski definition) is 4. The highest BCUT2D eigenvalue weighted by Crippen LogP contribution is 2.13. The molecule has 1 aromatic carbocycles. The minimum absolute atomic E-state index is 0.269. The van der Waals surface area contributed by atoms with E-state index in [1.54, 1.807) is 11.0 Å². The number of rotatable bonds is 4. The number of carbonyl (C=O) groups excluding carboxylic acids is 1. The number of nitrogens with zero attached hydrogens (tertiary/aromatic N) is 4. The molecule has 7 heteroatoms. The maximum atomic E-state index is 12.1. The number of H-pyrrole nitrogens is 1. The van der Waals surface area contributed by atoms with E-state index in [4.69, 9.17) is 5.26 Å². The standard InChI is InChI=1S/C15H12N6O/c16-6-11-5-13(18-7-11)15(22)19-8-12-3-1-2-4-14(12)21-10-17-9-20-21/h1-5,7,9-10,18H,8H2,(H,19,22). The smallest absolute Gasteiger partial charge is 0.268 e. The molecule has 0 saturated heterocycles. The Kier molecular flexibility index (Phi) is 3.66. The molecule has 0 bridgehead atoms. The first-order valence-electron chi connectivity index (χ1n) is 6.57. The summed E-state index contributed by atoms with van der Waals surface area (Å²) in [7, 11) is 0. The first-order chi connectivity index (χ1) is 10.8. The Morgan fingerprint density at radius 1 is 1.41 bits per heavy atom. The third-order valence-corrected chi connectivity index (χ3v) is 3.15. The summed E-state index contributed by atoms with van der Waals surface area (Å²) in [6, 6.07) is 11.1. The van der Waals surface area contributed by atoms with Gasteiger partial charge in [0.05, 0.1) is 11.3 Å². The van der Waals surface area contributed by atoms with Gasteiger partial charge in [0.1, 0.15) is 24.4 Å². The summed E-state index contributed by atoms with van der Waals surface area (Å²) in [5.74, 6) is -0.269. The molecule has 0 atom stereocenters. The second kappa shape index (κ2) is 5.93. The Balaban J connectivity index is 1.74. The molecule has 0 saturated carbocycles. The van der Waals surface area contributed by atoms with Crippen LogP contribution in [0, 0.1) is 11.3 Å². The monoisotopic (exact) mass is 292 g/mol. The predicted molar refractivity (Wildman–Crippen MR) is 78.0 cm³/mol. The van der Waals surface area contributed by atoms with Gasteiger partial charge < -0.3 is 10.3 Å². The van der Waals surface area contributed by atoms with Gasteiger partial charge in [0.25, 0.3) is 5.91 Å². The fourth-order valence-electron chi connectivity index (χ4n) is 2.08. The molecular weight excluding hydrogens is 280 g/mol. The average molecular weight is 292 g/mol. The Labute approximate surface area is 126 Å². The van der Waals surface area contributed by atoms with Crippen LogP contribution in [0.4, 0.5) is 0 Å². The van der Waals surface area contributed by atoms with Gasteiger partial charge in [-0.05, 0) is 17.7 Å². The van der Waals surface area contributed by atoms with Crippen LogP contribution < -0.4 is 5.32 Å². The average Bonchev–Trinajstić information content (AvgIpc) is 3.24. The molecule has 0 spiro atoms. The molecule has 7 nitrogen and oxygen atoms in total. The lowest BCUT2D eigenvalue weighted by Gasteiger charge is -2.09. The molecule has 108 valence electrons. The van der Waals surface area contributed by atoms with E-state index < -0.39 is 0 Å². The van der Waals surface area contributed by atoms with Gasteiger partial charge in [0.15, 0.2) is 0 Å². The lowest BCUT2D eigenvalue weighted by atomic mass is 10.1. The van der Waals surface area contributed by atoms with Gasteiger partial charge in [-0.15, -0.1) is 0 Å². The van der Waals surface area contributed by atoms with Crippen LogP contribution in [0.25, 0.3) is 5.69 Å². The fraction of sp³-hybridized carbons (Fsp3) is 0.0667. The molecule has 1 amide bonds. The molecule has 0 aliphatic carbocycles. The summed E-state index contributed by atoms with van der Waals surface area (Å²) in [6.45, 7) is 0.343. The van der Waals surface area contributed by atoms with Gasteiger partial charge in [-0.1, -0.05) is 18.2 Å². The number of aromatic nitrogens is 4. The van der Waals surface area contributed by atoms with E-state index in [1.807, 2.05) is 30.3 Å². The lowest BCUT2D eigenvalue weighted by molar-refractivity contribution is 0.0946. The molecular formula is C15H12N6O. The van der Waals surface area contributed by atoms with Crippen LogP contribution in [-0.2, 0) is 6.54 Å². The van der Waals surface area contributed by atoms with Gasteiger partial charge in [-0.3, -0.25) is 4.79 Å². The highest BCUT2D eigenvalue weighted by molar-refractivity contribution is 5.92. The van der Waals surface area contributed by atoms with Gasteiger partial charge in [-0.25, -0.2) is 9.67 Å². The van der Waals surface area contributed by atoms with Crippen LogP contribution in [0.15, 0.2) is 49.2 Å². The Morgan fingerprint density at radius 2 is 2.27 bits per heavy atom. The van der Waals surface area contributed by atoms with Gasteiger partial charge in [0, 0.05) is 12.7 Å². The highest BCUT2D eigenvalue weighted by atomic mass is 16.1. The van der Waals surface area contributed by atoms with E-state index in [2.05, 4.69) is 20.4 Å². The summed E-state index contributed by atoms with van der Waals surface area (Å²) in [5.41, 5.74) is 2.54. The summed E-state index contributed by atoms with van der Waals surface area (Å²) in [6.07, 6.45) is 4.56. The van der Waals surface area contributed by atoms with E-state index in [-0.39, 0.29) is 5.91 Å². The van der Waals surface area contributed by atoms with E-state index in [1.165, 1.54) is 18.6 Å². The van der Waals surface area contributed by atoms with Crippen LogP contribution in [0.1, 0.15) is 21.6 Å². The van der Waals surface area contributed by atoms with Crippen molar-refractivity contribution in [1.29, 1.82) is 5.26 Å². The molecule has 0 unspecified atom stereocenters. The Hall–Kier alpha value is -3.40. The van der Waals surface area contributed by atoms with Crippen molar-refractivity contribution < 1.29 is 4.79 Å². The number of nitriles is 1. The van der Waals surface area contributed by atoms with Crippen molar-refractivity contribution in [3.63, 3.8) is 0 Å². The number of hydrogen-bond donors (Lipinski definition) is 2.